The summed E-state index contributed by atoms with van der Waals surface area (Å²) in [4.78, 5) is 23.7. The molecule has 0 radical (unpaired) electrons. The van der Waals surface area contributed by atoms with Gasteiger partial charge in [-0.25, -0.2) is 9.18 Å². The molecule has 1 amide bonds. The molecule has 0 bridgehead atoms. The lowest BCUT2D eigenvalue weighted by molar-refractivity contribution is -0.137. The Morgan fingerprint density at radius 1 is 0.933 bits per heavy atom. The van der Waals surface area contributed by atoms with E-state index in [1.54, 1.807) is 0 Å². The minimum Gasteiger partial charge on any atom is -0.481 e. The summed E-state index contributed by atoms with van der Waals surface area (Å²) in [5.41, 5.74) is 4.92. The second-order valence-electron chi connectivity index (χ2n) is 7.17. The molecule has 5 nitrogen and oxygen atoms in total. The minimum atomic E-state index is -1.08. The molecule has 0 aromatic heterocycles. The molecule has 1 aliphatic carbocycles. The largest absolute Gasteiger partial charge is 0.481 e. The van der Waals surface area contributed by atoms with Crippen LogP contribution in [-0.4, -0.2) is 23.8 Å². The fraction of sp³-hybridized carbons (Fsp3) is 0.167. The van der Waals surface area contributed by atoms with Gasteiger partial charge in [0.05, 0.1) is 12.5 Å². The maximum atomic E-state index is 13.2. The number of carboxylic acids is 1. The van der Waals surface area contributed by atoms with Gasteiger partial charge in [0.25, 0.3) is 0 Å². The number of aliphatic carboxylic acids is 1. The van der Waals surface area contributed by atoms with Gasteiger partial charge in [-0.1, -0.05) is 60.7 Å². The Labute approximate surface area is 173 Å². The highest BCUT2D eigenvalue weighted by atomic mass is 19.1. The number of carbonyl (C=O) groups is 2. The van der Waals surface area contributed by atoms with Crippen LogP contribution in [0.2, 0.25) is 0 Å². The van der Waals surface area contributed by atoms with Gasteiger partial charge in [0.1, 0.15) is 12.4 Å². The summed E-state index contributed by atoms with van der Waals surface area (Å²) in [5, 5.41) is 11.8. The Morgan fingerprint density at radius 2 is 1.50 bits per heavy atom. The lowest BCUT2D eigenvalue weighted by Crippen LogP contribution is -2.31. The van der Waals surface area contributed by atoms with Crippen LogP contribution in [0.3, 0.4) is 0 Å². The summed E-state index contributed by atoms with van der Waals surface area (Å²) in [6.07, 6.45) is -1.05. The molecule has 0 heterocycles. The average Bonchev–Trinajstić information content (AvgIpc) is 3.06. The van der Waals surface area contributed by atoms with Crippen molar-refractivity contribution in [3.63, 3.8) is 0 Å². The van der Waals surface area contributed by atoms with Crippen molar-refractivity contribution in [1.82, 2.24) is 5.32 Å². The van der Waals surface area contributed by atoms with E-state index in [2.05, 4.69) is 5.32 Å². The highest BCUT2D eigenvalue weighted by Crippen LogP contribution is 2.44. The smallest absolute Gasteiger partial charge is 0.407 e. The second kappa shape index (κ2) is 8.37. The van der Waals surface area contributed by atoms with Crippen molar-refractivity contribution in [3.05, 3.63) is 95.3 Å². The summed E-state index contributed by atoms with van der Waals surface area (Å²) in [5.74, 6) is -1.61. The third-order valence-corrected chi connectivity index (χ3v) is 5.29. The molecule has 152 valence electrons. The van der Waals surface area contributed by atoms with E-state index in [0.29, 0.717) is 5.56 Å². The number of benzene rings is 3. The zero-order valence-electron chi connectivity index (χ0n) is 16.0. The number of hydrogen-bond acceptors (Lipinski definition) is 3. The van der Waals surface area contributed by atoms with Gasteiger partial charge in [0, 0.05) is 5.92 Å². The maximum Gasteiger partial charge on any atom is 0.407 e. The van der Waals surface area contributed by atoms with Crippen LogP contribution in [0.5, 0.6) is 0 Å². The van der Waals surface area contributed by atoms with E-state index in [0.717, 1.165) is 22.3 Å². The highest BCUT2D eigenvalue weighted by Gasteiger charge is 2.29. The Hall–Kier alpha value is -3.67. The van der Waals surface area contributed by atoms with Crippen LogP contribution in [0.4, 0.5) is 9.18 Å². The molecule has 0 aliphatic heterocycles. The van der Waals surface area contributed by atoms with Gasteiger partial charge in [0.2, 0.25) is 0 Å². The van der Waals surface area contributed by atoms with Gasteiger partial charge in [-0.15, -0.1) is 0 Å². The van der Waals surface area contributed by atoms with Crippen molar-refractivity contribution in [2.24, 2.45) is 0 Å². The molecule has 3 aromatic carbocycles. The topological polar surface area (TPSA) is 75.6 Å². The monoisotopic (exact) mass is 405 g/mol. The standard InChI is InChI=1S/C24H20FNO4/c25-16-11-9-15(10-12-16)22(13-23(27)28)26-24(29)30-14-21-19-7-3-1-5-17(19)18-6-2-4-8-20(18)21/h1-12,21-22H,13-14H2,(H,26,29)(H,27,28)/t22-/m0/s1. The van der Waals surface area contributed by atoms with Gasteiger partial charge in [-0.2, -0.15) is 0 Å². The number of rotatable bonds is 6. The van der Waals surface area contributed by atoms with Crippen molar-refractivity contribution in [1.29, 1.82) is 0 Å². The Morgan fingerprint density at radius 3 is 2.07 bits per heavy atom. The van der Waals surface area contributed by atoms with Crippen LogP contribution in [0, 0.1) is 5.82 Å². The minimum absolute atomic E-state index is 0.0908. The molecule has 2 N–H and O–H groups in total. The third kappa shape index (κ3) is 4.03. The van der Waals surface area contributed by atoms with Gasteiger partial charge in [0.15, 0.2) is 0 Å². The normalized spacial score (nSPS) is 13.2. The zero-order chi connectivity index (χ0) is 21.1. The highest BCUT2D eigenvalue weighted by molar-refractivity contribution is 5.79. The van der Waals surface area contributed by atoms with Crippen molar-refractivity contribution in [3.8, 4) is 11.1 Å². The van der Waals surface area contributed by atoms with E-state index in [4.69, 9.17) is 9.84 Å². The number of halogens is 1. The number of amides is 1. The summed E-state index contributed by atoms with van der Waals surface area (Å²) in [6, 6.07) is 20.5. The van der Waals surface area contributed by atoms with Crippen LogP contribution in [0.25, 0.3) is 11.1 Å². The number of ether oxygens (including phenoxy) is 1. The molecule has 4 rings (SSSR count). The lowest BCUT2D eigenvalue weighted by atomic mass is 9.98. The number of carboxylic acid groups (broad SMARTS) is 1. The van der Waals surface area contributed by atoms with Crippen LogP contribution in [-0.2, 0) is 9.53 Å². The molecule has 0 saturated heterocycles. The van der Waals surface area contributed by atoms with Crippen LogP contribution in [0.15, 0.2) is 72.8 Å². The average molecular weight is 405 g/mol. The molecule has 0 fully saturated rings. The summed E-state index contributed by atoms with van der Waals surface area (Å²) >= 11 is 0. The molecular weight excluding hydrogens is 385 g/mol. The number of hydrogen-bond donors (Lipinski definition) is 2. The first kappa shape index (κ1) is 19.6. The van der Waals surface area contributed by atoms with Gasteiger partial charge < -0.3 is 15.2 Å². The maximum absolute atomic E-state index is 13.2. The molecule has 3 aromatic rings. The van der Waals surface area contributed by atoms with E-state index in [-0.39, 0.29) is 18.9 Å². The molecule has 1 atom stereocenters. The molecule has 0 spiro atoms. The van der Waals surface area contributed by atoms with Crippen LogP contribution in [0.1, 0.15) is 35.1 Å². The fourth-order valence-electron chi connectivity index (χ4n) is 3.90. The molecule has 1 aliphatic rings. The molecule has 6 heteroatoms. The van der Waals surface area contributed by atoms with E-state index in [9.17, 15) is 14.0 Å². The van der Waals surface area contributed by atoms with E-state index in [1.165, 1.54) is 24.3 Å². The number of alkyl carbamates (subject to hydrolysis) is 1. The number of nitrogens with one attached hydrogen (secondary N) is 1. The van der Waals surface area contributed by atoms with Crippen LogP contribution >= 0.6 is 0 Å². The molecular formula is C24H20FNO4. The molecule has 0 saturated carbocycles. The van der Waals surface area contributed by atoms with E-state index >= 15 is 0 Å². The van der Waals surface area contributed by atoms with Gasteiger partial charge in [-0.05, 0) is 39.9 Å². The van der Waals surface area contributed by atoms with Crippen molar-refractivity contribution in [2.75, 3.05) is 6.61 Å². The van der Waals surface area contributed by atoms with Crippen molar-refractivity contribution < 1.29 is 23.8 Å². The Bertz CT molecular complexity index is 1040. The van der Waals surface area contributed by atoms with Gasteiger partial charge in [-0.3, -0.25) is 4.79 Å². The summed E-state index contributed by atoms with van der Waals surface area (Å²) in [6.45, 7) is 0.128. The lowest BCUT2D eigenvalue weighted by Gasteiger charge is -2.19. The molecule has 30 heavy (non-hydrogen) atoms. The van der Waals surface area contributed by atoms with E-state index in [1.807, 2.05) is 48.5 Å². The van der Waals surface area contributed by atoms with Gasteiger partial charge >= 0.3 is 12.1 Å². The second-order valence-corrected chi connectivity index (χ2v) is 7.17. The predicted octanol–water partition coefficient (Wildman–Crippen LogP) is 4.88. The number of carbonyl (C=O) groups excluding carboxylic acids is 1. The van der Waals surface area contributed by atoms with Crippen LogP contribution < -0.4 is 5.32 Å². The zero-order valence-corrected chi connectivity index (χ0v) is 16.0. The quantitative estimate of drug-likeness (QED) is 0.613. The SMILES string of the molecule is O=C(O)C[C@H](NC(=O)OCC1c2ccccc2-c2ccccc21)c1ccc(F)cc1. The van der Waals surface area contributed by atoms with E-state index < -0.39 is 23.9 Å². The Balaban J connectivity index is 1.47. The first-order valence-electron chi connectivity index (χ1n) is 9.61. The van der Waals surface area contributed by atoms with Crippen molar-refractivity contribution in [2.45, 2.75) is 18.4 Å². The third-order valence-electron chi connectivity index (χ3n) is 5.29. The summed E-state index contributed by atoms with van der Waals surface area (Å²) in [7, 11) is 0. The number of fused-ring (bicyclic) bond motifs is 3. The predicted molar refractivity (Wildman–Crippen MR) is 110 cm³/mol. The molecule has 0 unspecified atom stereocenters. The fourth-order valence-corrected chi connectivity index (χ4v) is 3.90. The summed E-state index contributed by atoms with van der Waals surface area (Å²) < 4.78 is 18.7. The first-order chi connectivity index (χ1) is 14.5. The first-order valence-corrected chi connectivity index (χ1v) is 9.61. The Kier molecular flexibility index (Phi) is 5.48. The van der Waals surface area contributed by atoms with Crippen molar-refractivity contribution >= 4 is 12.1 Å².